The van der Waals surface area contributed by atoms with E-state index < -0.39 is 0 Å². The van der Waals surface area contributed by atoms with Gasteiger partial charge in [-0.2, -0.15) is 5.26 Å². The van der Waals surface area contributed by atoms with Gasteiger partial charge in [-0.25, -0.2) is 0 Å². The average Bonchev–Trinajstić information content (AvgIpc) is 2.17. The lowest BCUT2D eigenvalue weighted by Crippen LogP contribution is -2.20. The molecule has 0 spiro atoms. The summed E-state index contributed by atoms with van der Waals surface area (Å²) in [5.74, 6) is 0.767. The van der Waals surface area contributed by atoms with Gasteiger partial charge in [0.25, 0.3) is 0 Å². The summed E-state index contributed by atoms with van der Waals surface area (Å²) in [5, 5.41) is 11.6. The van der Waals surface area contributed by atoms with Crippen molar-refractivity contribution < 1.29 is 0 Å². The van der Waals surface area contributed by atoms with E-state index in [1.54, 1.807) is 0 Å². The lowest BCUT2D eigenvalue weighted by atomic mass is 10.1. The van der Waals surface area contributed by atoms with Crippen LogP contribution in [0.4, 0.5) is 0 Å². The lowest BCUT2D eigenvalue weighted by Gasteiger charge is -2.01. The zero-order valence-electron chi connectivity index (χ0n) is 5.72. The first-order valence-corrected chi connectivity index (χ1v) is 3.43. The summed E-state index contributed by atoms with van der Waals surface area (Å²) in [6.45, 7) is 3.30. The third-order valence-corrected chi connectivity index (χ3v) is 1.78. The van der Waals surface area contributed by atoms with Crippen molar-refractivity contribution in [1.29, 1.82) is 5.26 Å². The quantitative estimate of drug-likeness (QED) is 0.563. The molecule has 2 nitrogen and oxygen atoms in total. The molecule has 1 rings (SSSR count). The van der Waals surface area contributed by atoms with Crippen LogP contribution in [0.15, 0.2) is 0 Å². The van der Waals surface area contributed by atoms with Gasteiger partial charge in [-0.15, -0.1) is 0 Å². The Morgan fingerprint density at radius 1 is 1.78 bits per heavy atom. The second-order valence-corrected chi connectivity index (χ2v) is 2.81. The molecule has 2 heteroatoms. The minimum Gasteiger partial charge on any atom is -0.313 e. The molecule has 0 bridgehead atoms. The van der Waals surface area contributed by atoms with E-state index in [9.17, 15) is 0 Å². The molecule has 0 radical (unpaired) electrons. The monoisotopic (exact) mass is 124 g/mol. The molecule has 2 atom stereocenters. The Bertz CT molecular complexity index is 125. The molecule has 0 aromatic rings. The Morgan fingerprint density at radius 3 is 3.00 bits per heavy atom. The largest absolute Gasteiger partial charge is 0.313 e. The standard InChI is InChI=1S/C7H12N2/c1-6-4-7(2-3-8)9-5-6/h6-7,9H,2,4-5H2,1H3. The van der Waals surface area contributed by atoms with Crippen molar-refractivity contribution in [1.82, 2.24) is 5.32 Å². The first-order chi connectivity index (χ1) is 4.33. The first kappa shape index (κ1) is 6.57. The molecule has 50 valence electrons. The molecule has 1 aliphatic rings. The molecule has 2 unspecified atom stereocenters. The van der Waals surface area contributed by atoms with Crippen LogP contribution in [0, 0.1) is 17.2 Å². The van der Waals surface area contributed by atoms with E-state index >= 15 is 0 Å². The summed E-state index contributed by atoms with van der Waals surface area (Å²) in [4.78, 5) is 0. The summed E-state index contributed by atoms with van der Waals surface area (Å²) in [6, 6.07) is 2.64. The Balaban J connectivity index is 2.24. The number of hydrogen-bond donors (Lipinski definition) is 1. The fourth-order valence-corrected chi connectivity index (χ4v) is 1.29. The van der Waals surface area contributed by atoms with Crippen LogP contribution in [0.1, 0.15) is 19.8 Å². The van der Waals surface area contributed by atoms with Crippen molar-refractivity contribution in [2.75, 3.05) is 6.54 Å². The fourth-order valence-electron chi connectivity index (χ4n) is 1.29. The van der Waals surface area contributed by atoms with E-state index in [1.165, 1.54) is 6.42 Å². The van der Waals surface area contributed by atoms with Gasteiger partial charge in [-0.3, -0.25) is 0 Å². The number of nitrogens with one attached hydrogen (secondary N) is 1. The van der Waals surface area contributed by atoms with E-state index in [0.717, 1.165) is 12.5 Å². The minimum absolute atomic E-state index is 0.477. The Kier molecular flexibility index (Phi) is 2.07. The van der Waals surface area contributed by atoms with E-state index in [0.29, 0.717) is 12.5 Å². The van der Waals surface area contributed by atoms with Gasteiger partial charge in [0.1, 0.15) is 0 Å². The van der Waals surface area contributed by atoms with Gasteiger partial charge >= 0.3 is 0 Å². The van der Waals surface area contributed by atoms with E-state index in [4.69, 9.17) is 5.26 Å². The summed E-state index contributed by atoms with van der Waals surface area (Å²) in [6.07, 6.45) is 1.85. The van der Waals surface area contributed by atoms with Crippen molar-refractivity contribution in [3.63, 3.8) is 0 Å². The maximum atomic E-state index is 8.32. The molecule has 1 heterocycles. The van der Waals surface area contributed by atoms with Gasteiger partial charge in [0.2, 0.25) is 0 Å². The van der Waals surface area contributed by atoms with Crippen LogP contribution in [0.2, 0.25) is 0 Å². The highest BCUT2D eigenvalue weighted by Gasteiger charge is 2.19. The molecule has 1 fully saturated rings. The van der Waals surface area contributed by atoms with E-state index in [2.05, 4.69) is 18.3 Å². The average molecular weight is 124 g/mol. The molecule has 0 aromatic carbocycles. The maximum Gasteiger partial charge on any atom is 0.0638 e. The van der Waals surface area contributed by atoms with E-state index in [1.807, 2.05) is 0 Å². The highest BCUT2D eigenvalue weighted by atomic mass is 14.9. The molecule has 1 saturated heterocycles. The van der Waals surface area contributed by atoms with Crippen LogP contribution in [0.5, 0.6) is 0 Å². The predicted octanol–water partition coefficient (Wildman–Crippen LogP) is 0.898. The van der Waals surface area contributed by atoms with Crippen molar-refractivity contribution >= 4 is 0 Å². The van der Waals surface area contributed by atoms with Crippen molar-refractivity contribution in [2.45, 2.75) is 25.8 Å². The Morgan fingerprint density at radius 2 is 2.56 bits per heavy atom. The van der Waals surface area contributed by atoms with Crippen LogP contribution in [-0.4, -0.2) is 12.6 Å². The maximum absolute atomic E-state index is 8.32. The third-order valence-electron chi connectivity index (χ3n) is 1.78. The van der Waals surface area contributed by atoms with Crippen LogP contribution < -0.4 is 5.32 Å². The molecule has 9 heavy (non-hydrogen) atoms. The Labute approximate surface area is 55.9 Å². The first-order valence-electron chi connectivity index (χ1n) is 3.43. The van der Waals surface area contributed by atoms with Crippen LogP contribution in [0.3, 0.4) is 0 Å². The topological polar surface area (TPSA) is 35.8 Å². The predicted molar refractivity (Wildman–Crippen MR) is 35.8 cm³/mol. The second-order valence-electron chi connectivity index (χ2n) is 2.81. The molecular weight excluding hydrogens is 112 g/mol. The molecule has 0 aliphatic carbocycles. The summed E-state index contributed by atoms with van der Waals surface area (Å²) in [7, 11) is 0. The molecule has 0 saturated carbocycles. The molecule has 1 N–H and O–H groups in total. The van der Waals surface area contributed by atoms with Crippen molar-refractivity contribution in [3.8, 4) is 6.07 Å². The molecule has 0 amide bonds. The van der Waals surface area contributed by atoms with E-state index in [-0.39, 0.29) is 0 Å². The number of rotatable bonds is 1. The second kappa shape index (κ2) is 2.84. The van der Waals surface area contributed by atoms with Gasteiger partial charge < -0.3 is 5.32 Å². The van der Waals surface area contributed by atoms with Gasteiger partial charge in [0.15, 0.2) is 0 Å². The van der Waals surface area contributed by atoms with Gasteiger partial charge in [0, 0.05) is 6.04 Å². The van der Waals surface area contributed by atoms with Gasteiger partial charge in [0.05, 0.1) is 12.5 Å². The highest BCUT2D eigenvalue weighted by Crippen LogP contribution is 2.14. The normalized spacial score (nSPS) is 34.2. The van der Waals surface area contributed by atoms with Crippen LogP contribution >= 0.6 is 0 Å². The zero-order valence-corrected chi connectivity index (χ0v) is 5.72. The smallest absolute Gasteiger partial charge is 0.0638 e. The summed E-state index contributed by atoms with van der Waals surface area (Å²) < 4.78 is 0. The summed E-state index contributed by atoms with van der Waals surface area (Å²) in [5.41, 5.74) is 0. The fraction of sp³-hybridized carbons (Fsp3) is 0.857. The zero-order chi connectivity index (χ0) is 6.69. The number of nitrogens with zero attached hydrogens (tertiary/aromatic N) is 1. The van der Waals surface area contributed by atoms with Crippen LogP contribution in [0.25, 0.3) is 0 Å². The van der Waals surface area contributed by atoms with Crippen molar-refractivity contribution in [3.05, 3.63) is 0 Å². The Hall–Kier alpha value is -0.550. The molecule has 1 aliphatic heterocycles. The lowest BCUT2D eigenvalue weighted by molar-refractivity contribution is 0.594. The highest BCUT2D eigenvalue weighted by molar-refractivity contribution is 4.86. The van der Waals surface area contributed by atoms with Gasteiger partial charge in [-0.05, 0) is 18.9 Å². The SMILES string of the molecule is CC1CNC(CC#N)C1. The third kappa shape index (κ3) is 1.69. The minimum atomic E-state index is 0.477. The molecular formula is C7H12N2. The van der Waals surface area contributed by atoms with Crippen LogP contribution in [-0.2, 0) is 0 Å². The number of nitriles is 1. The van der Waals surface area contributed by atoms with Gasteiger partial charge in [-0.1, -0.05) is 6.92 Å². The summed E-state index contributed by atoms with van der Waals surface area (Å²) >= 11 is 0. The molecule has 0 aromatic heterocycles. The van der Waals surface area contributed by atoms with Crippen molar-refractivity contribution in [2.24, 2.45) is 5.92 Å². The number of hydrogen-bond acceptors (Lipinski definition) is 2.